The Morgan fingerprint density at radius 1 is 1.62 bits per heavy atom. The molecule has 1 aromatic heterocycles. The van der Waals surface area contributed by atoms with Crippen LogP contribution in [0.3, 0.4) is 0 Å². The average Bonchev–Trinajstić information content (AvgIpc) is 2.53. The van der Waals surface area contributed by atoms with Gasteiger partial charge in [0.15, 0.2) is 0 Å². The molecule has 92 valence electrons. The summed E-state index contributed by atoms with van der Waals surface area (Å²) in [5.74, 6) is -0.0201. The first-order chi connectivity index (χ1) is 7.04. The average molecular weight is 328 g/mol. The van der Waals surface area contributed by atoms with Crippen molar-refractivity contribution in [3.05, 3.63) is 20.3 Å². The van der Waals surface area contributed by atoms with Crippen LogP contribution in [0.25, 0.3) is 0 Å². The Kier molecular flexibility index (Phi) is 7.22. The Morgan fingerprint density at radius 2 is 2.25 bits per heavy atom. The smallest absolute Gasteiger partial charge is 0.253 e. The summed E-state index contributed by atoms with van der Waals surface area (Å²) in [6.07, 6.45) is 0. The first-order valence-electron chi connectivity index (χ1n) is 4.76. The standard InChI is InChI=1S/C10H15BrN2OS.ClH/c1-6(12-3)5-13-10(14)8-4-7(2)15-9(8)11;/h4,6,12H,5H2,1-3H3,(H,13,14);1H. The third kappa shape index (κ3) is 4.41. The number of carbonyl (C=O) groups is 1. The molecule has 0 aliphatic heterocycles. The number of nitrogens with one attached hydrogen (secondary N) is 2. The third-order valence-electron chi connectivity index (χ3n) is 2.12. The molecular weight excluding hydrogens is 312 g/mol. The molecule has 2 N–H and O–H groups in total. The van der Waals surface area contributed by atoms with Gasteiger partial charge in [-0.1, -0.05) is 0 Å². The zero-order chi connectivity index (χ0) is 11.4. The van der Waals surface area contributed by atoms with Crippen molar-refractivity contribution in [2.45, 2.75) is 19.9 Å². The van der Waals surface area contributed by atoms with Crippen molar-refractivity contribution < 1.29 is 4.79 Å². The van der Waals surface area contributed by atoms with Crippen LogP contribution in [0.15, 0.2) is 9.85 Å². The van der Waals surface area contributed by atoms with Crippen LogP contribution in [-0.4, -0.2) is 25.5 Å². The van der Waals surface area contributed by atoms with Gasteiger partial charge in [-0.3, -0.25) is 4.79 Å². The lowest BCUT2D eigenvalue weighted by Gasteiger charge is -2.10. The minimum Gasteiger partial charge on any atom is -0.350 e. The van der Waals surface area contributed by atoms with Gasteiger partial charge < -0.3 is 10.6 Å². The maximum absolute atomic E-state index is 11.7. The van der Waals surface area contributed by atoms with E-state index < -0.39 is 0 Å². The molecule has 0 spiro atoms. The molecular formula is C10H16BrClN2OS. The number of carbonyl (C=O) groups excluding carboxylic acids is 1. The van der Waals surface area contributed by atoms with E-state index in [0.29, 0.717) is 6.54 Å². The normalized spacial score (nSPS) is 11.8. The van der Waals surface area contributed by atoms with Crippen molar-refractivity contribution in [2.24, 2.45) is 0 Å². The van der Waals surface area contributed by atoms with E-state index in [0.717, 1.165) is 14.2 Å². The van der Waals surface area contributed by atoms with Crippen LogP contribution in [-0.2, 0) is 0 Å². The second kappa shape index (κ2) is 7.27. The van der Waals surface area contributed by atoms with Crippen LogP contribution in [0.2, 0.25) is 0 Å². The largest absolute Gasteiger partial charge is 0.350 e. The fourth-order valence-corrected chi connectivity index (χ4v) is 2.87. The first kappa shape index (κ1) is 15.9. The van der Waals surface area contributed by atoms with E-state index in [2.05, 4.69) is 26.6 Å². The van der Waals surface area contributed by atoms with E-state index in [4.69, 9.17) is 0 Å². The Labute approximate surface area is 115 Å². The van der Waals surface area contributed by atoms with E-state index in [9.17, 15) is 4.79 Å². The quantitative estimate of drug-likeness (QED) is 0.892. The van der Waals surface area contributed by atoms with Crippen molar-refractivity contribution in [1.29, 1.82) is 0 Å². The maximum atomic E-state index is 11.7. The molecule has 6 heteroatoms. The number of likely N-dealkylation sites (N-methyl/N-ethyl adjacent to an activating group) is 1. The van der Waals surface area contributed by atoms with E-state index >= 15 is 0 Å². The molecule has 0 saturated carbocycles. The number of thiophene rings is 1. The summed E-state index contributed by atoms with van der Waals surface area (Å²) in [7, 11) is 1.88. The van der Waals surface area contributed by atoms with Gasteiger partial charge in [0.2, 0.25) is 0 Å². The Bertz CT molecular complexity index is 357. The van der Waals surface area contributed by atoms with Gasteiger partial charge in [0.05, 0.1) is 9.35 Å². The SMILES string of the molecule is CNC(C)CNC(=O)c1cc(C)sc1Br.Cl. The molecule has 16 heavy (non-hydrogen) atoms. The van der Waals surface area contributed by atoms with Crippen LogP contribution in [0.5, 0.6) is 0 Å². The molecule has 0 radical (unpaired) electrons. The second-order valence-electron chi connectivity index (χ2n) is 3.44. The number of hydrogen-bond acceptors (Lipinski definition) is 3. The molecule has 1 aromatic rings. The number of aryl methyl sites for hydroxylation is 1. The lowest BCUT2D eigenvalue weighted by atomic mass is 10.3. The summed E-state index contributed by atoms with van der Waals surface area (Å²) >= 11 is 4.96. The Morgan fingerprint density at radius 3 is 2.69 bits per heavy atom. The van der Waals surface area contributed by atoms with Crippen molar-refractivity contribution in [1.82, 2.24) is 10.6 Å². The lowest BCUT2D eigenvalue weighted by molar-refractivity contribution is 0.0950. The van der Waals surface area contributed by atoms with Gasteiger partial charge in [-0.05, 0) is 42.9 Å². The number of halogens is 2. The van der Waals surface area contributed by atoms with Crippen LogP contribution < -0.4 is 10.6 Å². The molecule has 1 heterocycles. The molecule has 1 unspecified atom stereocenters. The first-order valence-corrected chi connectivity index (χ1v) is 6.37. The van der Waals surface area contributed by atoms with Crippen LogP contribution in [0.4, 0.5) is 0 Å². The highest BCUT2D eigenvalue weighted by Crippen LogP contribution is 2.27. The summed E-state index contributed by atoms with van der Waals surface area (Å²) in [5, 5.41) is 5.95. The summed E-state index contributed by atoms with van der Waals surface area (Å²) in [6.45, 7) is 4.65. The molecule has 0 saturated heterocycles. The minimum atomic E-state index is -0.0201. The van der Waals surface area contributed by atoms with Crippen molar-refractivity contribution >= 4 is 45.6 Å². The highest BCUT2D eigenvalue weighted by atomic mass is 79.9. The van der Waals surface area contributed by atoms with E-state index in [1.54, 1.807) is 11.3 Å². The molecule has 1 rings (SSSR count). The predicted octanol–water partition coefficient (Wildman–Crippen LogP) is 2.58. The number of amides is 1. The van der Waals surface area contributed by atoms with Crippen molar-refractivity contribution in [2.75, 3.05) is 13.6 Å². The van der Waals surface area contributed by atoms with Crippen LogP contribution >= 0.6 is 39.7 Å². The zero-order valence-corrected chi connectivity index (χ0v) is 12.7. The van der Waals surface area contributed by atoms with Crippen molar-refractivity contribution in [3.8, 4) is 0 Å². The molecule has 0 bridgehead atoms. The van der Waals surface area contributed by atoms with Gasteiger partial charge in [-0.2, -0.15) is 0 Å². The second-order valence-corrected chi connectivity index (χ2v) is 6.02. The monoisotopic (exact) mass is 326 g/mol. The molecule has 0 aliphatic rings. The zero-order valence-electron chi connectivity index (χ0n) is 9.46. The molecule has 1 amide bonds. The van der Waals surface area contributed by atoms with Crippen LogP contribution in [0.1, 0.15) is 22.2 Å². The van der Waals surface area contributed by atoms with Crippen LogP contribution in [0, 0.1) is 6.92 Å². The van der Waals surface area contributed by atoms with E-state index in [-0.39, 0.29) is 24.4 Å². The minimum absolute atomic E-state index is 0. The lowest BCUT2D eigenvalue weighted by Crippen LogP contribution is -2.37. The fourth-order valence-electron chi connectivity index (χ4n) is 1.08. The summed E-state index contributed by atoms with van der Waals surface area (Å²) in [5.41, 5.74) is 0.723. The van der Waals surface area contributed by atoms with Gasteiger partial charge in [0.1, 0.15) is 0 Å². The molecule has 0 aliphatic carbocycles. The molecule has 0 fully saturated rings. The van der Waals surface area contributed by atoms with E-state index in [1.165, 1.54) is 0 Å². The van der Waals surface area contributed by atoms with Gasteiger partial charge in [0, 0.05) is 17.5 Å². The summed E-state index contributed by atoms with van der Waals surface area (Å²) < 4.78 is 0.898. The van der Waals surface area contributed by atoms with Gasteiger partial charge in [-0.15, -0.1) is 23.7 Å². The Hall–Kier alpha value is -0.100. The predicted molar refractivity (Wildman–Crippen MR) is 74.9 cm³/mol. The summed E-state index contributed by atoms with van der Waals surface area (Å²) in [4.78, 5) is 12.9. The molecule has 1 atom stereocenters. The van der Waals surface area contributed by atoms with Gasteiger partial charge in [-0.25, -0.2) is 0 Å². The third-order valence-corrected chi connectivity index (χ3v) is 3.87. The topological polar surface area (TPSA) is 41.1 Å². The molecule has 0 aromatic carbocycles. The highest BCUT2D eigenvalue weighted by molar-refractivity contribution is 9.11. The number of rotatable bonds is 4. The molecule has 3 nitrogen and oxygen atoms in total. The Balaban J connectivity index is 0.00000225. The highest BCUT2D eigenvalue weighted by Gasteiger charge is 2.12. The summed E-state index contributed by atoms with van der Waals surface area (Å²) in [6, 6.07) is 2.18. The van der Waals surface area contributed by atoms with Gasteiger partial charge >= 0.3 is 0 Å². The maximum Gasteiger partial charge on any atom is 0.253 e. The van der Waals surface area contributed by atoms with Crippen molar-refractivity contribution in [3.63, 3.8) is 0 Å². The number of hydrogen-bond donors (Lipinski definition) is 2. The van der Waals surface area contributed by atoms with E-state index in [1.807, 2.05) is 27.0 Å². The fraction of sp³-hybridized carbons (Fsp3) is 0.500. The van der Waals surface area contributed by atoms with Gasteiger partial charge in [0.25, 0.3) is 5.91 Å².